The maximum atomic E-state index is 12.5. The molecule has 2 aromatic carbocycles. The molecule has 0 saturated carbocycles. The molecule has 3 nitrogen and oxygen atoms in total. The van der Waals surface area contributed by atoms with Gasteiger partial charge in [0.15, 0.2) is 0 Å². The van der Waals surface area contributed by atoms with Crippen molar-refractivity contribution in [2.24, 2.45) is 0 Å². The number of nitrogens with zero attached hydrogens (tertiary/aromatic N) is 1. The molecule has 0 saturated heterocycles. The summed E-state index contributed by atoms with van der Waals surface area (Å²) in [5, 5.41) is 3.09. The summed E-state index contributed by atoms with van der Waals surface area (Å²) in [6, 6.07) is 20.2. The molecule has 0 unspecified atom stereocenters. The van der Waals surface area contributed by atoms with Crippen molar-refractivity contribution in [1.29, 1.82) is 0 Å². The van der Waals surface area contributed by atoms with Crippen molar-refractivity contribution in [2.75, 3.05) is 25.0 Å². The highest BCUT2D eigenvalue weighted by molar-refractivity contribution is 5.93. The van der Waals surface area contributed by atoms with E-state index in [2.05, 4.69) is 17.4 Å². The second-order valence-corrected chi connectivity index (χ2v) is 5.32. The van der Waals surface area contributed by atoms with Crippen molar-refractivity contribution in [3.8, 4) is 0 Å². The normalized spacial score (nSPS) is 10.4. The van der Waals surface area contributed by atoms with Crippen molar-refractivity contribution >= 4 is 11.6 Å². The number of anilines is 1. The van der Waals surface area contributed by atoms with E-state index in [9.17, 15) is 4.79 Å². The molecule has 0 aromatic heterocycles. The molecule has 0 aliphatic heterocycles. The van der Waals surface area contributed by atoms with E-state index in [1.165, 1.54) is 5.56 Å². The van der Waals surface area contributed by atoms with Crippen LogP contribution in [0.25, 0.3) is 0 Å². The average Bonchev–Trinajstić information content (AvgIpc) is 2.57. The van der Waals surface area contributed by atoms with E-state index in [1.807, 2.05) is 60.5 Å². The van der Waals surface area contributed by atoms with Gasteiger partial charge in [-0.1, -0.05) is 48.5 Å². The van der Waals surface area contributed by atoms with Crippen molar-refractivity contribution in [3.05, 3.63) is 66.2 Å². The average molecular weight is 296 g/mol. The summed E-state index contributed by atoms with van der Waals surface area (Å²) in [6.07, 6.45) is 2.31. The lowest BCUT2D eigenvalue weighted by atomic mass is 10.1. The number of carbonyl (C=O) groups excluding carboxylic acids is 1. The topological polar surface area (TPSA) is 32.3 Å². The molecule has 0 heterocycles. The van der Waals surface area contributed by atoms with Crippen LogP contribution in [0, 0.1) is 0 Å². The minimum absolute atomic E-state index is 0.192. The highest BCUT2D eigenvalue weighted by Gasteiger charge is 2.14. The third-order valence-electron chi connectivity index (χ3n) is 3.65. The number of carbonyl (C=O) groups is 1. The van der Waals surface area contributed by atoms with E-state index in [0.717, 1.165) is 25.1 Å². The molecule has 1 N–H and O–H groups in total. The number of rotatable bonds is 8. The Bertz CT molecular complexity index is 554. The van der Waals surface area contributed by atoms with Crippen LogP contribution in [0.5, 0.6) is 0 Å². The van der Waals surface area contributed by atoms with Gasteiger partial charge in [-0.05, 0) is 44.1 Å². The maximum absolute atomic E-state index is 12.5. The first-order valence-corrected chi connectivity index (χ1v) is 7.85. The van der Waals surface area contributed by atoms with Crippen LogP contribution in [-0.2, 0) is 11.2 Å². The number of hydrogen-bond acceptors (Lipinski definition) is 2. The molecule has 0 spiro atoms. The first kappa shape index (κ1) is 16.2. The zero-order valence-corrected chi connectivity index (χ0v) is 13.2. The molecule has 0 fully saturated rings. The number of nitrogens with one attached hydrogen (secondary N) is 1. The van der Waals surface area contributed by atoms with Gasteiger partial charge >= 0.3 is 0 Å². The smallest absolute Gasteiger partial charge is 0.227 e. The highest BCUT2D eigenvalue weighted by atomic mass is 16.2. The van der Waals surface area contributed by atoms with Crippen molar-refractivity contribution in [1.82, 2.24) is 5.32 Å². The summed E-state index contributed by atoms with van der Waals surface area (Å²) < 4.78 is 0. The van der Waals surface area contributed by atoms with Gasteiger partial charge in [0.25, 0.3) is 0 Å². The van der Waals surface area contributed by atoms with Gasteiger partial charge in [-0.2, -0.15) is 0 Å². The van der Waals surface area contributed by atoms with Gasteiger partial charge in [0, 0.05) is 18.7 Å². The number of para-hydroxylation sites is 1. The molecule has 116 valence electrons. The van der Waals surface area contributed by atoms with E-state index in [1.54, 1.807) is 0 Å². The predicted molar refractivity (Wildman–Crippen MR) is 92.1 cm³/mol. The molecule has 1 amide bonds. The fraction of sp³-hybridized carbons (Fsp3) is 0.316. The Morgan fingerprint density at radius 2 is 1.64 bits per heavy atom. The van der Waals surface area contributed by atoms with Crippen molar-refractivity contribution in [2.45, 2.75) is 19.3 Å². The summed E-state index contributed by atoms with van der Waals surface area (Å²) in [6.45, 7) is 1.58. The Kier molecular flexibility index (Phi) is 6.65. The molecule has 22 heavy (non-hydrogen) atoms. The maximum Gasteiger partial charge on any atom is 0.227 e. The van der Waals surface area contributed by atoms with Gasteiger partial charge in [-0.3, -0.25) is 4.79 Å². The van der Waals surface area contributed by atoms with Crippen LogP contribution in [0.4, 0.5) is 5.69 Å². The SMILES string of the molecule is CNCCCC(=O)N(CCc1ccccc1)c1ccccc1. The quantitative estimate of drug-likeness (QED) is 0.758. The molecular formula is C19H24N2O. The lowest BCUT2D eigenvalue weighted by Gasteiger charge is -2.23. The number of benzene rings is 2. The summed E-state index contributed by atoms with van der Waals surface area (Å²) in [7, 11) is 1.91. The highest BCUT2D eigenvalue weighted by Crippen LogP contribution is 2.16. The molecule has 2 rings (SSSR count). The molecule has 3 heteroatoms. The van der Waals surface area contributed by atoms with Crippen molar-refractivity contribution < 1.29 is 4.79 Å². The minimum atomic E-state index is 0.192. The molecule has 0 aliphatic rings. The summed E-state index contributed by atoms with van der Waals surface area (Å²) in [5.41, 5.74) is 2.24. The molecule has 0 atom stereocenters. The van der Waals surface area contributed by atoms with Crippen LogP contribution in [0.3, 0.4) is 0 Å². The van der Waals surface area contributed by atoms with Gasteiger partial charge in [-0.15, -0.1) is 0 Å². The Hall–Kier alpha value is -2.13. The fourth-order valence-corrected chi connectivity index (χ4v) is 2.44. The first-order chi connectivity index (χ1) is 10.8. The first-order valence-electron chi connectivity index (χ1n) is 7.85. The fourth-order valence-electron chi connectivity index (χ4n) is 2.44. The van der Waals surface area contributed by atoms with Crippen LogP contribution in [0.15, 0.2) is 60.7 Å². The number of amides is 1. The van der Waals surface area contributed by atoms with Crippen LogP contribution in [-0.4, -0.2) is 26.0 Å². The van der Waals surface area contributed by atoms with E-state index in [4.69, 9.17) is 0 Å². The summed E-state index contributed by atoms with van der Waals surface area (Å²) >= 11 is 0. The Labute approximate surface area is 133 Å². The minimum Gasteiger partial charge on any atom is -0.320 e. The van der Waals surface area contributed by atoms with Crippen LogP contribution in [0.1, 0.15) is 18.4 Å². The van der Waals surface area contributed by atoms with Crippen LogP contribution >= 0.6 is 0 Å². The zero-order valence-electron chi connectivity index (χ0n) is 13.2. The van der Waals surface area contributed by atoms with Gasteiger partial charge < -0.3 is 10.2 Å². The third kappa shape index (κ3) is 5.01. The van der Waals surface area contributed by atoms with Gasteiger partial charge in [0.1, 0.15) is 0 Å². The van der Waals surface area contributed by atoms with E-state index in [-0.39, 0.29) is 5.91 Å². The Balaban J connectivity index is 2.03. The second kappa shape index (κ2) is 9.00. The molecule has 2 aromatic rings. The second-order valence-electron chi connectivity index (χ2n) is 5.32. The van der Waals surface area contributed by atoms with Gasteiger partial charge in [0.05, 0.1) is 0 Å². The van der Waals surface area contributed by atoms with E-state index in [0.29, 0.717) is 13.0 Å². The van der Waals surface area contributed by atoms with E-state index >= 15 is 0 Å². The predicted octanol–water partition coefficient (Wildman–Crippen LogP) is 3.26. The monoisotopic (exact) mass is 296 g/mol. The Morgan fingerprint density at radius 1 is 1.00 bits per heavy atom. The lowest BCUT2D eigenvalue weighted by Crippen LogP contribution is -2.33. The van der Waals surface area contributed by atoms with Crippen molar-refractivity contribution in [3.63, 3.8) is 0 Å². The van der Waals surface area contributed by atoms with Gasteiger partial charge in [-0.25, -0.2) is 0 Å². The molecule has 0 aliphatic carbocycles. The van der Waals surface area contributed by atoms with E-state index < -0.39 is 0 Å². The molecule has 0 bridgehead atoms. The zero-order chi connectivity index (χ0) is 15.6. The number of hydrogen-bond donors (Lipinski definition) is 1. The standard InChI is InChI=1S/C19H24N2O/c1-20-15-8-13-19(22)21(18-11-6-3-7-12-18)16-14-17-9-4-2-5-10-17/h2-7,9-12,20H,8,13-16H2,1H3. The molecule has 0 radical (unpaired) electrons. The summed E-state index contributed by atoms with van der Waals surface area (Å²) in [4.78, 5) is 14.4. The lowest BCUT2D eigenvalue weighted by molar-refractivity contribution is -0.118. The summed E-state index contributed by atoms with van der Waals surface area (Å²) in [5.74, 6) is 0.192. The molecular weight excluding hydrogens is 272 g/mol. The van der Waals surface area contributed by atoms with Crippen LogP contribution < -0.4 is 10.2 Å². The largest absolute Gasteiger partial charge is 0.320 e. The third-order valence-corrected chi connectivity index (χ3v) is 3.65. The van der Waals surface area contributed by atoms with Crippen LogP contribution in [0.2, 0.25) is 0 Å². The Morgan fingerprint density at radius 3 is 2.27 bits per heavy atom. The van der Waals surface area contributed by atoms with Gasteiger partial charge in [0.2, 0.25) is 5.91 Å².